The zero-order valence-corrected chi connectivity index (χ0v) is 10.1. The number of rotatable bonds is 5. The number of carboxylic acids is 2. The molecule has 0 unspecified atom stereocenters. The normalized spacial score (nSPS) is 11.4. The number of aryl methyl sites for hydroxylation is 1. The van der Waals surface area contributed by atoms with E-state index in [1.165, 1.54) is 6.20 Å². The van der Waals surface area contributed by atoms with Gasteiger partial charge in [-0.3, -0.25) is 9.78 Å². The Labute approximate surface area is 108 Å². The number of aliphatic carboxylic acids is 2. The van der Waals surface area contributed by atoms with Gasteiger partial charge < -0.3 is 20.8 Å². The van der Waals surface area contributed by atoms with Crippen LogP contribution in [0.5, 0.6) is 0 Å². The Morgan fingerprint density at radius 1 is 1.32 bits per heavy atom. The summed E-state index contributed by atoms with van der Waals surface area (Å²) in [5.41, 5.74) is 1.20. The fourth-order valence-electron chi connectivity index (χ4n) is 1.32. The monoisotopic (exact) mass is 267 g/mol. The van der Waals surface area contributed by atoms with E-state index >= 15 is 0 Å². The minimum Gasteiger partial charge on any atom is -0.481 e. The molecule has 102 valence electrons. The number of carbonyl (C=O) groups excluding carboxylic acids is 1. The minimum absolute atomic E-state index is 0.386. The van der Waals surface area contributed by atoms with Crippen molar-refractivity contribution in [1.29, 1.82) is 0 Å². The number of nitrogens with zero attached hydrogens (tertiary/aromatic N) is 1. The van der Waals surface area contributed by atoms with Gasteiger partial charge in [-0.05, 0) is 18.6 Å². The van der Waals surface area contributed by atoms with E-state index in [9.17, 15) is 14.4 Å². The fourth-order valence-corrected chi connectivity index (χ4v) is 1.32. The van der Waals surface area contributed by atoms with Gasteiger partial charge in [0.15, 0.2) is 0 Å². The molecule has 1 heterocycles. The van der Waals surface area contributed by atoms with Gasteiger partial charge in [0.1, 0.15) is 6.04 Å². The van der Waals surface area contributed by atoms with E-state index in [2.05, 4.69) is 15.6 Å². The molecule has 1 aromatic heterocycles. The Balaban J connectivity index is 2.62. The maximum atomic E-state index is 11.5. The summed E-state index contributed by atoms with van der Waals surface area (Å²) in [5, 5.41) is 21.7. The lowest BCUT2D eigenvalue weighted by Gasteiger charge is -2.13. The first-order chi connectivity index (χ1) is 8.88. The third kappa shape index (κ3) is 5.02. The highest BCUT2D eigenvalue weighted by atomic mass is 16.4. The molecule has 19 heavy (non-hydrogen) atoms. The van der Waals surface area contributed by atoms with Crippen LogP contribution in [-0.2, 0) is 9.59 Å². The Kier molecular flexibility index (Phi) is 4.81. The Morgan fingerprint density at radius 3 is 2.53 bits per heavy atom. The van der Waals surface area contributed by atoms with E-state index in [1.54, 1.807) is 19.2 Å². The van der Waals surface area contributed by atoms with Crippen LogP contribution in [0.25, 0.3) is 0 Å². The smallest absolute Gasteiger partial charge is 0.326 e. The van der Waals surface area contributed by atoms with Crippen molar-refractivity contribution >= 4 is 23.7 Å². The van der Waals surface area contributed by atoms with Crippen LogP contribution in [0.15, 0.2) is 18.5 Å². The first-order valence-corrected chi connectivity index (χ1v) is 5.32. The fraction of sp³-hybridized carbons (Fsp3) is 0.273. The van der Waals surface area contributed by atoms with Gasteiger partial charge in [-0.1, -0.05) is 0 Å². The Morgan fingerprint density at radius 2 is 2.00 bits per heavy atom. The van der Waals surface area contributed by atoms with E-state index in [0.29, 0.717) is 5.69 Å². The van der Waals surface area contributed by atoms with Crippen molar-refractivity contribution in [3.05, 3.63) is 24.0 Å². The molecule has 2 amide bonds. The average Bonchev–Trinajstić information content (AvgIpc) is 2.27. The maximum Gasteiger partial charge on any atom is 0.326 e. The summed E-state index contributed by atoms with van der Waals surface area (Å²) in [5.74, 6) is -2.73. The van der Waals surface area contributed by atoms with Gasteiger partial charge >= 0.3 is 18.0 Å². The molecule has 0 aromatic carbocycles. The third-order valence-corrected chi connectivity index (χ3v) is 2.11. The number of hydrogen-bond donors (Lipinski definition) is 4. The number of carboxylic acid groups (broad SMARTS) is 2. The molecule has 0 saturated carbocycles. The highest BCUT2D eigenvalue weighted by molar-refractivity contribution is 5.93. The van der Waals surface area contributed by atoms with Gasteiger partial charge in [0.25, 0.3) is 0 Å². The van der Waals surface area contributed by atoms with Gasteiger partial charge in [-0.2, -0.15) is 0 Å². The zero-order valence-electron chi connectivity index (χ0n) is 10.1. The summed E-state index contributed by atoms with van der Waals surface area (Å²) in [7, 11) is 0. The van der Waals surface area contributed by atoms with Gasteiger partial charge in [0, 0.05) is 6.20 Å². The van der Waals surface area contributed by atoms with Crippen LogP contribution < -0.4 is 10.6 Å². The zero-order chi connectivity index (χ0) is 14.4. The van der Waals surface area contributed by atoms with Crippen molar-refractivity contribution in [3.8, 4) is 0 Å². The van der Waals surface area contributed by atoms with Gasteiger partial charge in [-0.15, -0.1) is 0 Å². The van der Waals surface area contributed by atoms with E-state index < -0.39 is 30.4 Å². The number of anilines is 1. The maximum absolute atomic E-state index is 11.5. The number of pyridine rings is 1. The number of aromatic nitrogens is 1. The molecular formula is C11H13N3O5. The summed E-state index contributed by atoms with van der Waals surface area (Å²) in [4.78, 5) is 36.6. The van der Waals surface area contributed by atoms with Crippen molar-refractivity contribution in [1.82, 2.24) is 10.3 Å². The van der Waals surface area contributed by atoms with Crippen LogP contribution in [0.1, 0.15) is 12.0 Å². The summed E-state index contributed by atoms with van der Waals surface area (Å²) in [6.45, 7) is 1.78. The minimum atomic E-state index is -1.49. The number of amides is 2. The molecule has 0 bridgehead atoms. The van der Waals surface area contributed by atoms with Crippen molar-refractivity contribution in [2.24, 2.45) is 0 Å². The summed E-state index contributed by atoms with van der Waals surface area (Å²) in [6.07, 6.45) is 2.28. The van der Waals surface area contributed by atoms with Crippen LogP contribution in [0.2, 0.25) is 0 Å². The average molecular weight is 267 g/mol. The van der Waals surface area contributed by atoms with E-state index in [1.807, 2.05) is 0 Å². The third-order valence-electron chi connectivity index (χ3n) is 2.11. The Hall–Kier alpha value is -2.64. The predicted octanol–water partition coefficient (Wildman–Crippen LogP) is 0.439. The molecular weight excluding hydrogens is 254 g/mol. The predicted molar refractivity (Wildman–Crippen MR) is 64.8 cm³/mol. The Bertz CT molecular complexity index is 503. The molecule has 0 radical (unpaired) electrons. The lowest BCUT2D eigenvalue weighted by molar-refractivity contribution is -0.145. The number of hydrogen-bond acceptors (Lipinski definition) is 4. The van der Waals surface area contributed by atoms with Gasteiger partial charge in [-0.25, -0.2) is 9.59 Å². The molecule has 0 aliphatic carbocycles. The lowest BCUT2D eigenvalue weighted by atomic mass is 10.2. The van der Waals surface area contributed by atoms with Crippen LogP contribution in [0.3, 0.4) is 0 Å². The second kappa shape index (κ2) is 6.34. The number of urea groups is 1. The topological polar surface area (TPSA) is 129 Å². The summed E-state index contributed by atoms with van der Waals surface area (Å²) >= 11 is 0. The molecule has 8 nitrogen and oxygen atoms in total. The molecule has 4 N–H and O–H groups in total. The largest absolute Gasteiger partial charge is 0.481 e. The SMILES string of the molecule is Cc1cncc(NC(=O)N[C@@H](CC(=O)O)C(=O)O)c1. The molecule has 8 heteroatoms. The molecule has 0 aliphatic rings. The molecule has 1 rings (SSSR count). The second-order valence-corrected chi connectivity index (χ2v) is 3.84. The van der Waals surface area contributed by atoms with Crippen LogP contribution in [0.4, 0.5) is 10.5 Å². The first kappa shape index (κ1) is 14.4. The van der Waals surface area contributed by atoms with Crippen molar-refractivity contribution < 1.29 is 24.6 Å². The van der Waals surface area contributed by atoms with Crippen LogP contribution >= 0.6 is 0 Å². The number of carbonyl (C=O) groups is 3. The quantitative estimate of drug-likeness (QED) is 0.612. The van der Waals surface area contributed by atoms with Crippen LogP contribution in [0, 0.1) is 6.92 Å². The molecule has 1 atom stereocenters. The van der Waals surface area contributed by atoms with E-state index in [4.69, 9.17) is 10.2 Å². The molecule has 0 saturated heterocycles. The standard InChI is InChI=1S/C11H13N3O5/c1-6-2-7(5-12-4-6)13-11(19)14-8(10(17)18)3-9(15)16/h2,4-5,8H,3H2,1H3,(H,15,16)(H,17,18)(H2,13,14,19)/t8-/m0/s1. The molecule has 0 aliphatic heterocycles. The van der Waals surface area contributed by atoms with Gasteiger partial charge in [0.2, 0.25) is 0 Å². The van der Waals surface area contributed by atoms with Crippen LogP contribution in [-0.4, -0.2) is 39.2 Å². The molecule has 1 aromatic rings. The second-order valence-electron chi connectivity index (χ2n) is 3.84. The highest BCUT2D eigenvalue weighted by Crippen LogP contribution is 2.07. The van der Waals surface area contributed by atoms with Crippen molar-refractivity contribution in [2.75, 3.05) is 5.32 Å². The molecule has 0 fully saturated rings. The van der Waals surface area contributed by atoms with Crippen molar-refractivity contribution in [2.45, 2.75) is 19.4 Å². The van der Waals surface area contributed by atoms with E-state index in [-0.39, 0.29) is 0 Å². The van der Waals surface area contributed by atoms with Gasteiger partial charge in [0.05, 0.1) is 18.3 Å². The summed E-state index contributed by atoms with van der Waals surface area (Å²) < 4.78 is 0. The first-order valence-electron chi connectivity index (χ1n) is 5.32. The summed E-state index contributed by atoms with van der Waals surface area (Å²) in [6, 6.07) is -0.657. The van der Waals surface area contributed by atoms with Crippen molar-refractivity contribution in [3.63, 3.8) is 0 Å². The van der Waals surface area contributed by atoms with E-state index in [0.717, 1.165) is 5.56 Å². The molecule has 0 spiro atoms. The highest BCUT2D eigenvalue weighted by Gasteiger charge is 2.22. The lowest BCUT2D eigenvalue weighted by Crippen LogP contribution is -2.44. The number of nitrogens with one attached hydrogen (secondary N) is 2.